The SMILES string of the molecule is CS(=O)(=O)CCCS(=O)(=O)c1cc(Cl)cc(C(=O)O)c1F. The number of carbonyl (C=O) groups is 1. The standard InChI is InChI=1S/C11H12ClFO6S2/c1-20(16,17)3-2-4-21(18,19)9-6-7(12)5-8(10(9)13)11(14)15/h5-6H,2-4H2,1H3,(H,14,15). The smallest absolute Gasteiger partial charge is 0.338 e. The molecule has 118 valence electrons. The number of benzene rings is 1. The fourth-order valence-electron chi connectivity index (χ4n) is 1.57. The molecule has 10 heteroatoms. The van der Waals surface area contributed by atoms with E-state index in [2.05, 4.69) is 0 Å². The van der Waals surface area contributed by atoms with E-state index in [0.29, 0.717) is 0 Å². The Morgan fingerprint density at radius 2 is 1.81 bits per heavy atom. The number of aromatic carboxylic acids is 1. The van der Waals surface area contributed by atoms with Crippen LogP contribution in [0.2, 0.25) is 5.02 Å². The van der Waals surface area contributed by atoms with Crippen LogP contribution in [0.3, 0.4) is 0 Å². The molecule has 0 saturated heterocycles. The molecule has 0 bridgehead atoms. The second-order valence-electron chi connectivity index (χ2n) is 4.37. The second kappa shape index (κ2) is 6.29. The zero-order chi connectivity index (χ0) is 16.4. The summed E-state index contributed by atoms with van der Waals surface area (Å²) in [6.45, 7) is 0. The van der Waals surface area contributed by atoms with Gasteiger partial charge in [-0.25, -0.2) is 26.0 Å². The molecule has 0 saturated carbocycles. The van der Waals surface area contributed by atoms with Gasteiger partial charge in [-0.15, -0.1) is 0 Å². The summed E-state index contributed by atoms with van der Waals surface area (Å²) in [6.07, 6.45) is 0.720. The van der Waals surface area contributed by atoms with E-state index in [-0.39, 0.29) is 17.2 Å². The predicted octanol–water partition coefficient (Wildman–Crippen LogP) is 1.39. The summed E-state index contributed by atoms with van der Waals surface area (Å²) in [7, 11) is -7.53. The lowest BCUT2D eigenvalue weighted by Crippen LogP contribution is -2.15. The van der Waals surface area contributed by atoms with E-state index in [1.807, 2.05) is 0 Å². The van der Waals surface area contributed by atoms with Crippen LogP contribution in [0.1, 0.15) is 16.8 Å². The van der Waals surface area contributed by atoms with E-state index in [1.54, 1.807) is 0 Å². The molecule has 21 heavy (non-hydrogen) atoms. The second-order valence-corrected chi connectivity index (χ2v) is 9.15. The van der Waals surface area contributed by atoms with Crippen LogP contribution in [0.4, 0.5) is 4.39 Å². The molecule has 0 aliphatic rings. The van der Waals surface area contributed by atoms with Crippen LogP contribution in [0.5, 0.6) is 0 Å². The molecule has 1 aromatic carbocycles. The first kappa shape index (κ1) is 17.9. The molecule has 0 radical (unpaired) electrons. The highest BCUT2D eigenvalue weighted by Crippen LogP contribution is 2.25. The third-order valence-corrected chi connectivity index (χ3v) is 5.54. The summed E-state index contributed by atoms with van der Waals surface area (Å²) >= 11 is 5.59. The Balaban J connectivity index is 3.17. The Bertz CT molecular complexity index is 770. The first-order chi connectivity index (χ1) is 9.44. The van der Waals surface area contributed by atoms with Crippen LogP contribution in [-0.4, -0.2) is 45.7 Å². The van der Waals surface area contributed by atoms with Gasteiger partial charge in [-0.2, -0.15) is 0 Å². The van der Waals surface area contributed by atoms with Crippen molar-refractivity contribution >= 4 is 37.2 Å². The first-order valence-electron chi connectivity index (χ1n) is 5.57. The topological polar surface area (TPSA) is 106 Å². The quantitative estimate of drug-likeness (QED) is 0.823. The number of sulfone groups is 2. The van der Waals surface area contributed by atoms with E-state index in [9.17, 15) is 26.0 Å². The molecule has 0 spiro atoms. The summed E-state index contributed by atoms with van der Waals surface area (Å²) in [5.41, 5.74) is -0.857. The maximum Gasteiger partial charge on any atom is 0.338 e. The van der Waals surface area contributed by atoms with E-state index < -0.39 is 47.7 Å². The summed E-state index contributed by atoms with van der Waals surface area (Å²) in [4.78, 5) is 9.98. The molecule has 0 fully saturated rings. The number of carboxylic acids is 1. The molecular formula is C11H12ClFO6S2. The van der Waals surface area contributed by atoms with Gasteiger partial charge in [-0.1, -0.05) is 11.6 Å². The molecule has 1 aromatic rings. The lowest BCUT2D eigenvalue weighted by Gasteiger charge is -2.08. The maximum atomic E-state index is 13.9. The summed E-state index contributed by atoms with van der Waals surface area (Å²) in [6, 6.07) is 1.61. The molecule has 0 atom stereocenters. The maximum absolute atomic E-state index is 13.9. The highest BCUT2D eigenvalue weighted by molar-refractivity contribution is 7.92. The van der Waals surface area contributed by atoms with Crippen molar-refractivity contribution in [2.45, 2.75) is 11.3 Å². The van der Waals surface area contributed by atoms with Gasteiger partial charge >= 0.3 is 5.97 Å². The van der Waals surface area contributed by atoms with E-state index in [0.717, 1.165) is 18.4 Å². The Hall–Kier alpha value is -1.19. The lowest BCUT2D eigenvalue weighted by molar-refractivity contribution is 0.0691. The Labute approximate surface area is 126 Å². The van der Waals surface area contributed by atoms with E-state index >= 15 is 0 Å². The van der Waals surface area contributed by atoms with Crippen LogP contribution in [0, 0.1) is 5.82 Å². The first-order valence-corrected chi connectivity index (χ1v) is 9.66. The zero-order valence-corrected chi connectivity index (χ0v) is 13.2. The molecular weight excluding hydrogens is 347 g/mol. The van der Waals surface area contributed by atoms with Crippen LogP contribution in [0.25, 0.3) is 0 Å². The minimum atomic E-state index is -4.18. The largest absolute Gasteiger partial charge is 0.478 e. The summed E-state index contributed by atoms with van der Waals surface area (Å²) in [5, 5.41) is 8.55. The summed E-state index contributed by atoms with van der Waals surface area (Å²) < 4.78 is 59.8. The molecule has 0 unspecified atom stereocenters. The number of carboxylic acid groups (broad SMARTS) is 1. The Morgan fingerprint density at radius 3 is 2.29 bits per heavy atom. The van der Waals surface area contributed by atoms with Crippen molar-refractivity contribution in [2.24, 2.45) is 0 Å². The van der Waals surface area contributed by atoms with Gasteiger partial charge in [0.15, 0.2) is 15.7 Å². The fraction of sp³-hybridized carbons (Fsp3) is 0.364. The Morgan fingerprint density at radius 1 is 1.24 bits per heavy atom. The highest BCUT2D eigenvalue weighted by Gasteiger charge is 2.25. The van der Waals surface area contributed by atoms with Gasteiger partial charge in [-0.3, -0.25) is 0 Å². The monoisotopic (exact) mass is 358 g/mol. The van der Waals surface area contributed by atoms with Crippen molar-refractivity contribution in [2.75, 3.05) is 17.8 Å². The van der Waals surface area contributed by atoms with Crippen molar-refractivity contribution < 1.29 is 31.1 Å². The molecule has 6 nitrogen and oxygen atoms in total. The predicted molar refractivity (Wildman–Crippen MR) is 74.7 cm³/mol. The number of halogens is 2. The van der Waals surface area contributed by atoms with E-state index in [1.165, 1.54) is 0 Å². The lowest BCUT2D eigenvalue weighted by atomic mass is 10.2. The van der Waals surface area contributed by atoms with Crippen molar-refractivity contribution in [1.82, 2.24) is 0 Å². The third kappa shape index (κ3) is 4.94. The van der Waals surface area contributed by atoms with Crippen LogP contribution >= 0.6 is 11.6 Å². The number of hydrogen-bond donors (Lipinski definition) is 1. The molecule has 0 aliphatic heterocycles. The van der Waals surface area contributed by atoms with Crippen molar-refractivity contribution in [3.05, 3.63) is 28.5 Å². The number of rotatable bonds is 6. The summed E-state index contributed by atoms with van der Waals surface area (Å²) in [5.74, 6) is -4.06. The van der Waals surface area contributed by atoms with Gasteiger partial charge < -0.3 is 5.11 Å². The van der Waals surface area contributed by atoms with Crippen LogP contribution in [-0.2, 0) is 19.7 Å². The van der Waals surface area contributed by atoms with Gasteiger partial charge in [-0.05, 0) is 18.6 Å². The number of hydrogen-bond acceptors (Lipinski definition) is 5. The zero-order valence-electron chi connectivity index (χ0n) is 10.8. The molecule has 1 rings (SSSR count). The third-order valence-electron chi connectivity index (χ3n) is 2.50. The average molecular weight is 359 g/mol. The van der Waals surface area contributed by atoms with Gasteiger partial charge in [0.2, 0.25) is 0 Å². The fourth-order valence-corrected chi connectivity index (χ4v) is 4.14. The Kier molecular flexibility index (Phi) is 5.35. The van der Waals surface area contributed by atoms with Crippen molar-refractivity contribution in [3.63, 3.8) is 0 Å². The van der Waals surface area contributed by atoms with Crippen LogP contribution in [0.15, 0.2) is 17.0 Å². The van der Waals surface area contributed by atoms with Crippen molar-refractivity contribution in [3.8, 4) is 0 Å². The molecule has 0 heterocycles. The van der Waals surface area contributed by atoms with Gasteiger partial charge in [0, 0.05) is 11.3 Å². The molecule has 1 N–H and O–H groups in total. The molecule has 0 aromatic heterocycles. The van der Waals surface area contributed by atoms with Gasteiger partial charge in [0.05, 0.1) is 17.1 Å². The van der Waals surface area contributed by atoms with E-state index in [4.69, 9.17) is 16.7 Å². The van der Waals surface area contributed by atoms with Gasteiger partial charge in [0.25, 0.3) is 0 Å². The highest BCUT2D eigenvalue weighted by atomic mass is 35.5. The average Bonchev–Trinajstić information content (AvgIpc) is 2.29. The normalized spacial score (nSPS) is 12.3. The molecule has 0 amide bonds. The minimum Gasteiger partial charge on any atom is -0.478 e. The minimum absolute atomic E-state index is 0.227. The van der Waals surface area contributed by atoms with Crippen molar-refractivity contribution in [1.29, 1.82) is 0 Å². The van der Waals surface area contributed by atoms with Crippen LogP contribution < -0.4 is 0 Å². The van der Waals surface area contributed by atoms with Gasteiger partial charge in [0.1, 0.15) is 14.7 Å². The molecule has 0 aliphatic carbocycles.